The van der Waals surface area contributed by atoms with Crippen LogP contribution in [-0.2, 0) is 30.9 Å². The molecule has 276 valence electrons. The van der Waals surface area contributed by atoms with E-state index in [4.69, 9.17) is 49.7 Å². The molecule has 2 unspecified atom stereocenters. The molecule has 0 saturated carbocycles. The molecule has 0 bridgehead atoms. The Hall–Kier alpha value is -2.91. The van der Waals surface area contributed by atoms with E-state index in [2.05, 4.69) is 4.90 Å². The largest absolute Gasteiger partial charge is 0.490 e. The Morgan fingerprint density at radius 3 is 1.96 bits per heavy atom. The Bertz CT molecular complexity index is 2040. The maximum atomic E-state index is 15.2. The van der Waals surface area contributed by atoms with Crippen LogP contribution in [0.1, 0.15) is 50.8 Å². The summed E-state index contributed by atoms with van der Waals surface area (Å²) in [6.07, 6.45) is 1.36. The van der Waals surface area contributed by atoms with Crippen LogP contribution in [0.2, 0.25) is 15.1 Å². The van der Waals surface area contributed by atoms with Gasteiger partial charge in [0.25, 0.3) is 0 Å². The number of hydrogen-bond donors (Lipinski definition) is 1. The highest BCUT2D eigenvalue weighted by Crippen LogP contribution is 2.54. The number of rotatable bonds is 10. The average molecular weight is 799 g/mol. The van der Waals surface area contributed by atoms with Crippen molar-refractivity contribution in [3.63, 3.8) is 0 Å². The number of benzene rings is 3. The molecule has 3 aromatic carbocycles. The normalized spacial score (nSPS) is 21.6. The van der Waals surface area contributed by atoms with Crippen LogP contribution in [0.15, 0.2) is 70.6 Å². The number of hydrogen-bond acceptors (Lipinski definition) is 8. The Kier molecular flexibility index (Phi) is 11.4. The Balaban J connectivity index is 1.71. The number of amides is 2. The summed E-state index contributed by atoms with van der Waals surface area (Å²) in [5.41, 5.74) is -0.758. The van der Waals surface area contributed by atoms with Gasteiger partial charge >= 0.3 is 6.03 Å². The Labute approximate surface area is 315 Å². The maximum absolute atomic E-state index is 15.2. The summed E-state index contributed by atoms with van der Waals surface area (Å²) in [4.78, 5) is 25.6. The number of aliphatic imine (C=N–C) groups is 1. The first-order valence-electron chi connectivity index (χ1n) is 16.4. The van der Waals surface area contributed by atoms with Gasteiger partial charge in [0.15, 0.2) is 0 Å². The standard InChI is InChI=1S/C35H42Cl3N5O6S2/c1-23(2)49-30-22-29(38)31(51(39,47)48)21-28(30)32-40-34(3,24-7-11-26(36)12-8-24)35(4,25-9-13-27(37)14-10-25)43(32)33(44)42-18-16-41(17-19-42)15-6-20-50(5,45)46/h7-14,21-23H,6,15-20H2,1-5H3,(H2,39,47,48). The minimum atomic E-state index is -4.31. The van der Waals surface area contributed by atoms with Crippen molar-refractivity contribution < 1.29 is 26.4 Å². The molecule has 0 aliphatic carbocycles. The fourth-order valence-corrected chi connectivity index (χ4v) is 8.70. The maximum Gasteiger partial charge on any atom is 0.326 e. The van der Waals surface area contributed by atoms with E-state index >= 15 is 4.79 Å². The predicted molar refractivity (Wildman–Crippen MR) is 202 cm³/mol. The van der Waals surface area contributed by atoms with Gasteiger partial charge in [-0.25, -0.2) is 26.8 Å². The minimum Gasteiger partial charge on any atom is -0.490 e. The van der Waals surface area contributed by atoms with Crippen molar-refractivity contribution in [3.8, 4) is 5.75 Å². The van der Waals surface area contributed by atoms with Crippen LogP contribution >= 0.6 is 34.8 Å². The van der Waals surface area contributed by atoms with E-state index in [0.29, 0.717) is 54.8 Å². The van der Waals surface area contributed by atoms with Crippen molar-refractivity contribution in [3.05, 3.63) is 92.4 Å². The van der Waals surface area contributed by atoms with Gasteiger partial charge in [-0.1, -0.05) is 59.1 Å². The zero-order chi connectivity index (χ0) is 37.5. The zero-order valence-electron chi connectivity index (χ0n) is 29.1. The molecule has 0 radical (unpaired) electrons. The number of ether oxygens (including phenoxy) is 1. The summed E-state index contributed by atoms with van der Waals surface area (Å²) >= 11 is 19.2. The summed E-state index contributed by atoms with van der Waals surface area (Å²) in [5.74, 6) is 0.460. The van der Waals surface area contributed by atoms with Crippen LogP contribution in [0, 0.1) is 0 Å². The third kappa shape index (κ3) is 8.19. The molecule has 0 spiro atoms. The van der Waals surface area contributed by atoms with Gasteiger partial charge in [0, 0.05) is 48.5 Å². The highest BCUT2D eigenvalue weighted by molar-refractivity contribution is 7.90. The van der Waals surface area contributed by atoms with Gasteiger partial charge in [-0.05, 0) is 82.1 Å². The van der Waals surface area contributed by atoms with Crippen LogP contribution in [0.4, 0.5) is 4.79 Å². The van der Waals surface area contributed by atoms with Gasteiger partial charge in [0.05, 0.1) is 22.4 Å². The van der Waals surface area contributed by atoms with E-state index in [1.807, 2.05) is 52.0 Å². The molecule has 2 aliphatic rings. The van der Waals surface area contributed by atoms with Gasteiger partial charge in [-0.15, -0.1) is 0 Å². The lowest BCUT2D eigenvalue weighted by Gasteiger charge is -2.47. The van der Waals surface area contributed by atoms with E-state index < -0.39 is 30.9 Å². The molecule has 2 heterocycles. The second kappa shape index (κ2) is 14.8. The SMILES string of the molecule is CC(C)Oc1cc(Cl)c(S(N)(=O)=O)cc1C1=NC(C)(c2ccc(Cl)cc2)C(C)(c2ccc(Cl)cc2)N1C(=O)N1CCN(CCCS(C)(=O)=O)CC1. The summed E-state index contributed by atoms with van der Waals surface area (Å²) in [6.45, 7) is 9.81. The van der Waals surface area contributed by atoms with Crippen LogP contribution in [0.3, 0.4) is 0 Å². The van der Waals surface area contributed by atoms with Crippen LogP contribution in [0.25, 0.3) is 0 Å². The van der Waals surface area contributed by atoms with Crippen LogP contribution < -0.4 is 9.88 Å². The predicted octanol–water partition coefficient (Wildman–Crippen LogP) is 6.15. The quantitative estimate of drug-likeness (QED) is 0.260. The molecule has 2 N–H and O–H groups in total. The third-order valence-electron chi connectivity index (χ3n) is 9.52. The lowest BCUT2D eigenvalue weighted by molar-refractivity contribution is 0.0868. The van der Waals surface area contributed by atoms with E-state index in [9.17, 15) is 16.8 Å². The van der Waals surface area contributed by atoms with Crippen molar-refractivity contribution in [1.29, 1.82) is 0 Å². The Morgan fingerprint density at radius 2 is 1.45 bits per heavy atom. The summed E-state index contributed by atoms with van der Waals surface area (Å²) in [6, 6.07) is 16.7. The second-order valence-electron chi connectivity index (χ2n) is 13.5. The number of nitrogens with two attached hydrogens (primary N) is 1. The third-order valence-corrected chi connectivity index (χ3v) is 12.4. The van der Waals surface area contributed by atoms with Gasteiger partial charge in [0.2, 0.25) is 10.0 Å². The molecule has 5 rings (SSSR count). The first kappa shape index (κ1) is 39.3. The number of sulfone groups is 1. The summed E-state index contributed by atoms with van der Waals surface area (Å²) < 4.78 is 55.2. The molecule has 1 saturated heterocycles. The van der Waals surface area contributed by atoms with Gasteiger partial charge in [-0.3, -0.25) is 14.8 Å². The smallest absolute Gasteiger partial charge is 0.326 e. The first-order valence-corrected chi connectivity index (χ1v) is 21.1. The number of carbonyl (C=O) groups excluding carboxylic acids is 1. The number of amidine groups is 1. The molecule has 51 heavy (non-hydrogen) atoms. The number of halogens is 3. The van der Waals surface area contributed by atoms with Crippen LogP contribution in [0.5, 0.6) is 5.75 Å². The monoisotopic (exact) mass is 797 g/mol. The topological polar surface area (TPSA) is 143 Å². The van der Waals surface area contributed by atoms with Gasteiger partial charge < -0.3 is 9.64 Å². The number of primary sulfonamides is 1. The fourth-order valence-electron chi connectivity index (χ4n) is 6.70. The van der Waals surface area contributed by atoms with Crippen molar-refractivity contribution in [1.82, 2.24) is 14.7 Å². The number of piperazine rings is 1. The fraction of sp³-hybridized carbons (Fsp3) is 0.429. The summed E-state index contributed by atoms with van der Waals surface area (Å²) in [7, 11) is -7.40. The Morgan fingerprint density at radius 1 is 0.902 bits per heavy atom. The molecule has 2 atom stereocenters. The number of urea groups is 1. The molecular formula is C35H42Cl3N5O6S2. The van der Waals surface area contributed by atoms with E-state index in [1.165, 1.54) is 18.4 Å². The molecule has 2 aliphatic heterocycles. The highest BCUT2D eigenvalue weighted by Gasteiger charge is 2.60. The van der Waals surface area contributed by atoms with Gasteiger partial charge in [-0.2, -0.15) is 0 Å². The van der Waals surface area contributed by atoms with Crippen molar-refractivity contribution in [2.75, 3.05) is 44.7 Å². The zero-order valence-corrected chi connectivity index (χ0v) is 33.0. The number of carbonyl (C=O) groups is 1. The molecule has 0 aromatic heterocycles. The lowest BCUT2D eigenvalue weighted by Crippen LogP contribution is -2.60. The van der Waals surface area contributed by atoms with Crippen molar-refractivity contribution in [2.24, 2.45) is 10.1 Å². The van der Waals surface area contributed by atoms with Crippen LogP contribution in [-0.4, -0.2) is 94.2 Å². The van der Waals surface area contributed by atoms with E-state index in [0.717, 1.165) is 5.56 Å². The minimum absolute atomic E-state index is 0.0882. The first-order chi connectivity index (χ1) is 23.7. The average Bonchev–Trinajstić information content (AvgIpc) is 3.28. The molecule has 2 amide bonds. The highest BCUT2D eigenvalue weighted by atomic mass is 35.5. The second-order valence-corrected chi connectivity index (χ2v) is 18.6. The summed E-state index contributed by atoms with van der Waals surface area (Å²) in [5, 5.41) is 6.51. The molecular weight excluding hydrogens is 757 g/mol. The van der Waals surface area contributed by atoms with E-state index in [-0.39, 0.29) is 45.0 Å². The molecule has 3 aromatic rings. The van der Waals surface area contributed by atoms with Gasteiger partial charge in [0.1, 0.15) is 37.4 Å². The van der Waals surface area contributed by atoms with E-state index in [1.54, 1.807) is 34.1 Å². The number of sulfonamides is 1. The number of nitrogens with zero attached hydrogens (tertiary/aromatic N) is 4. The van der Waals surface area contributed by atoms with Crippen molar-refractivity contribution in [2.45, 2.75) is 56.2 Å². The molecule has 16 heteroatoms. The lowest BCUT2D eigenvalue weighted by atomic mass is 9.71. The molecule has 11 nitrogen and oxygen atoms in total. The molecule has 1 fully saturated rings. The van der Waals surface area contributed by atoms with Crippen molar-refractivity contribution >= 4 is 66.5 Å².